The summed E-state index contributed by atoms with van der Waals surface area (Å²) in [5, 5.41) is 4.31. The summed E-state index contributed by atoms with van der Waals surface area (Å²) in [5.74, 6) is -0.394. The van der Waals surface area contributed by atoms with Gasteiger partial charge in [-0.05, 0) is 33.3 Å². The number of hydrogen-bond acceptors (Lipinski definition) is 4. The average Bonchev–Trinajstić information content (AvgIpc) is 2.53. The summed E-state index contributed by atoms with van der Waals surface area (Å²) in [6.07, 6.45) is 0.502. The van der Waals surface area contributed by atoms with E-state index in [0.717, 1.165) is 11.4 Å². The molecule has 0 amide bonds. The Labute approximate surface area is 95.6 Å². The van der Waals surface area contributed by atoms with E-state index in [4.69, 9.17) is 5.73 Å². The standard InChI is InChI=1S/C11H19N3O2/c1-8-7-9(2)14(13-8)6-5-11(3,12)10(15)16-4/h7H,5-6,12H2,1-4H3. The number of carbonyl (C=O) groups is 1. The summed E-state index contributed by atoms with van der Waals surface area (Å²) in [5.41, 5.74) is 6.94. The zero-order valence-electron chi connectivity index (χ0n) is 10.3. The minimum absolute atomic E-state index is 0.394. The molecule has 1 heterocycles. The first-order valence-electron chi connectivity index (χ1n) is 5.25. The fourth-order valence-electron chi connectivity index (χ4n) is 1.57. The Balaban J connectivity index is 2.64. The molecule has 1 aromatic heterocycles. The van der Waals surface area contributed by atoms with E-state index in [2.05, 4.69) is 9.84 Å². The quantitative estimate of drug-likeness (QED) is 0.769. The molecular formula is C11H19N3O2. The van der Waals surface area contributed by atoms with Crippen LogP contribution in [0.5, 0.6) is 0 Å². The minimum atomic E-state index is -0.957. The first-order valence-corrected chi connectivity index (χ1v) is 5.25. The lowest BCUT2D eigenvalue weighted by atomic mass is 10.00. The van der Waals surface area contributed by atoms with Gasteiger partial charge in [-0.15, -0.1) is 0 Å². The van der Waals surface area contributed by atoms with Crippen LogP contribution in [0.3, 0.4) is 0 Å². The van der Waals surface area contributed by atoms with Crippen LogP contribution in [-0.4, -0.2) is 28.4 Å². The molecule has 0 bridgehead atoms. The molecule has 0 aliphatic carbocycles. The van der Waals surface area contributed by atoms with Crippen LogP contribution in [0.4, 0.5) is 0 Å². The number of nitrogens with two attached hydrogens (primary N) is 1. The van der Waals surface area contributed by atoms with E-state index in [1.165, 1.54) is 7.11 Å². The Morgan fingerprint density at radius 3 is 2.69 bits per heavy atom. The zero-order chi connectivity index (χ0) is 12.3. The molecule has 16 heavy (non-hydrogen) atoms. The van der Waals surface area contributed by atoms with E-state index in [1.54, 1.807) is 6.92 Å². The molecular weight excluding hydrogens is 206 g/mol. The molecule has 0 aromatic carbocycles. The number of aromatic nitrogens is 2. The van der Waals surface area contributed by atoms with Crippen molar-refractivity contribution in [2.45, 2.75) is 39.3 Å². The largest absolute Gasteiger partial charge is 0.468 e. The van der Waals surface area contributed by atoms with Crippen molar-refractivity contribution in [1.82, 2.24) is 9.78 Å². The number of hydrogen-bond donors (Lipinski definition) is 1. The lowest BCUT2D eigenvalue weighted by Gasteiger charge is -2.21. The topological polar surface area (TPSA) is 70.1 Å². The van der Waals surface area contributed by atoms with Gasteiger partial charge in [-0.1, -0.05) is 0 Å². The van der Waals surface area contributed by atoms with Crippen LogP contribution in [-0.2, 0) is 16.1 Å². The minimum Gasteiger partial charge on any atom is -0.468 e. The molecule has 1 rings (SSSR count). The van der Waals surface area contributed by atoms with E-state index in [9.17, 15) is 4.79 Å². The van der Waals surface area contributed by atoms with Gasteiger partial charge in [0.2, 0.25) is 0 Å². The molecule has 0 spiro atoms. The van der Waals surface area contributed by atoms with Gasteiger partial charge in [0.25, 0.3) is 0 Å². The molecule has 5 nitrogen and oxygen atoms in total. The summed E-state index contributed by atoms with van der Waals surface area (Å²) in [4.78, 5) is 11.4. The number of ether oxygens (including phenoxy) is 1. The Morgan fingerprint density at radius 1 is 1.62 bits per heavy atom. The van der Waals surface area contributed by atoms with Crippen molar-refractivity contribution >= 4 is 5.97 Å². The van der Waals surface area contributed by atoms with Gasteiger partial charge in [0.05, 0.1) is 12.8 Å². The van der Waals surface area contributed by atoms with Crippen molar-refractivity contribution in [2.75, 3.05) is 7.11 Å². The van der Waals surface area contributed by atoms with Crippen LogP contribution >= 0.6 is 0 Å². The van der Waals surface area contributed by atoms with Gasteiger partial charge in [-0.25, -0.2) is 0 Å². The van der Waals surface area contributed by atoms with Crippen molar-refractivity contribution in [3.8, 4) is 0 Å². The third-order valence-electron chi connectivity index (χ3n) is 2.60. The normalized spacial score (nSPS) is 14.6. The number of rotatable bonds is 4. The van der Waals surface area contributed by atoms with Gasteiger partial charge >= 0.3 is 5.97 Å². The Kier molecular flexibility index (Phi) is 3.70. The molecule has 0 aliphatic rings. The highest BCUT2D eigenvalue weighted by Gasteiger charge is 2.29. The molecule has 0 aliphatic heterocycles. The van der Waals surface area contributed by atoms with Crippen molar-refractivity contribution in [1.29, 1.82) is 0 Å². The zero-order valence-corrected chi connectivity index (χ0v) is 10.3. The molecule has 1 aromatic rings. The highest BCUT2D eigenvalue weighted by molar-refractivity contribution is 5.79. The first-order chi connectivity index (χ1) is 7.36. The third kappa shape index (κ3) is 2.82. The number of carbonyl (C=O) groups excluding carboxylic acids is 1. The Bertz CT molecular complexity index is 383. The first kappa shape index (κ1) is 12.7. The maximum absolute atomic E-state index is 11.4. The summed E-state index contributed by atoms with van der Waals surface area (Å²) >= 11 is 0. The van der Waals surface area contributed by atoms with Crippen LogP contribution in [0.25, 0.3) is 0 Å². The average molecular weight is 225 g/mol. The molecule has 0 radical (unpaired) electrons. The van der Waals surface area contributed by atoms with E-state index in [1.807, 2.05) is 24.6 Å². The maximum Gasteiger partial charge on any atom is 0.325 e. The Morgan fingerprint density at radius 2 is 2.25 bits per heavy atom. The fraction of sp³-hybridized carbons (Fsp3) is 0.636. The van der Waals surface area contributed by atoms with Gasteiger partial charge in [-0.3, -0.25) is 9.48 Å². The number of nitrogens with zero attached hydrogens (tertiary/aromatic N) is 2. The fourth-order valence-corrected chi connectivity index (χ4v) is 1.57. The number of esters is 1. The lowest BCUT2D eigenvalue weighted by Crippen LogP contribution is -2.46. The second-order valence-electron chi connectivity index (χ2n) is 4.31. The number of aryl methyl sites for hydroxylation is 3. The molecule has 0 saturated carbocycles. The second-order valence-corrected chi connectivity index (χ2v) is 4.31. The van der Waals surface area contributed by atoms with E-state index in [0.29, 0.717) is 13.0 Å². The van der Waals surface area contributed by atoms with Crippen LogP contribution in [0, 0.1) is 13.8 Å². The van der Waals surface area contributed by atoms with Crippen LogP contribution in [0.15, 0.2) is 6.07 Å². The predicted octanol–water partition coefficient (Wildman–Crippen LogP) is 0.780. The Hall–Kier alpha value is -1.36. The van der Waals surface area contributed by atoms with E-state index >= 15 is 0 Å². The van der Waals surface area contributed by atoms with Crippen molar-refractivity contribution in [2.24, 2.45) is 5.73 Å². The van der Waals surface area contributed by atoms with Crippen molar-refractivity contribution in [3.63, 3.8) is 0 Å². The van der Waals surface area contributed by atoms with Gasteiger partial charge in [0.15, 0.2) is 0 Å². The highest BCUT2D eigenvalue weighted by Crippen LogP contribution is 2.11. The van der Waals surface area contributed by atoms with E-state index in [-0.39, 0.29) is 0 Å². The summed E-state index contributed by atoms with van der Waals surface area (Å²) in [7, 11) is 1.34. The third-order valence-corrected chi connectivity index (χ3v) is 2.60. The van der Waals surface area contributed by atoms with E-state index < -0.39 is 11.5 Å². The van der Waals surface area contributed by atoms with Gasteiger partial charge in [-0.2, -0.15) is 5.10 Å². The maximum atomic E-state index is 11.4. The van der Waals surface area contributed by atoms with Gasteiger partial charge in [0.1, 0.15) is 5.54 Å². The predicted molar refractivity (Wildman–Crippen MR) is 60.9 cm³/mol. The van der Waals surface area contributed by atoms with Crippen molar-refractivity contribution in [3.05, 3.63) is 17.5 Å². The molecule has 1 unspecified atom stereocenters. The monoisotopic (exact) mass is 225 g/mol. The molecule has 0 fully saturated rings. The smallest absolute Gasteiger partial charge is 0.325 e. The van der Waals surface area contributed by atoms with Crippen molar-refractivity contribution < 1.29 is 9.53 Å². The summed E-state index contributed by atoms with van der Waals surface area (Å²) in [6, 6.07) is 1.99. The molecule has 0 saturated heterocycles. The molecule has 5 heteroatoms. The summed E-state index contributed by atoms with van der Waals surface area (Å²) < 4.78 is 6.50. The summed E-state index contributed by atoms with van der Waals surface area (Å²) in [6.45, 7) is 6.20. The van der Waals surface area contributed by atoms with Crippen LogP contribution < -0.4 is 5.73 Å². The second kappa shape index (κ2) is 4.65. The van der Waals surface area contributed by atoms with Gasteiger partial charge in [0, 0.05) is 12.2 Å². The van der Waals surface area contributed by atoms with Crippen LogP contribution in [0.2, 0.25) is 0 Å². The number of methoxy groups -OCH3 is 1. The molecule has 90 valence electrons. The molecule has 2 N–H and O–H groups in total. The van der Waals surface area contributed by atoms with Crippen LogP contribution in [0.1, 0.15) is 24.7 Å². The lowest BCUT2D eigenvalue weighted by molar-refractivity contribution is -0.146. The SMILES string of the molecule is COC(=O)C(C)(N)CCn1nc(C)cc1C. The molecule has 1 atom stereocenters. The van der Waals surface area contributed by atoms with Gasteiger partial charge < -0.3 is 10.5 Å². The highest BCUT2D eigenvalue weighted by atomic mass is 16.5.